The molecule has 0 atom stereocenters. The first-order valence-corrected chi connectivity index (χ1v) is 9.75. The number of nitrogens with one attached hydrogen (secondary N) is 1. The summed E-state index contributed by atoms with van der Waals surface area (Å²) in [5, 5.41) is 3.16. The summed E-state index contributed by atoms with van der Waals surface area (Å²) in [6.45, 7) is 2.35. The first-order valence-electron chi connectivity index (χ1n) is 8.39. The number of piperidine rings is 1. The second-order valence-corrected chi connectivity index (χ2v) is 7.48. The van der Waals surface area contributed by atoms with Gasteiger partial charge in [0.05, 0.1) is 17.6 Å². The van der Waals surface area contributed by atoms with Crippen LogP contribution in [0.1, 0.15) is 18.4 Å². The number of pyridine rings is 1. The number of aromatic nitrogens is 1. The van der Waals surface area contributed by atoms with Gasteiger partial charge in [0.1, 0.15) is 16.5 Å². The van der Waals surface area contributed by atoms with Crippen molar-refractivity contribution in [3.8, 4) is 0 Å². The molecule has 0 bridgehead atoms. The Morgan fingerprint density at radius 1 is 1.20 bits per heavy atom. The summed E-state index contributed by atoms with van der Waals surface area (Å²) in [6, 6.07) is 8.66. The maximum Gasteiger partial charge on any atom is 0.140 e. The predicted octanol–water partition coefficient (Wildman–Crippen LogP) is 2.79. The van der Waals surface area contributed by atoms with Crippen molar-refractivity contribution in [2.75, 3.05) is 24.2 Å². The zero-order valence-corrected chi connectivity index (χ0v) is 14.8. The van der Waals surface area contributed by atoms with Crippen molar-refractivity contribution >= 4 is 22.1 Å². The Kier molecular flexibility index (Phi) is 5.99. The third-order valence-electron chi connectivity index (χ3n) is 4.43. The number of rotatable bonds is 6. The average molecular weight is 363 g/mol. The van der Waals surface area contributed by atoms with Crippen molar-refractivity contribution in [3.63, 3.8) is 0 Å². The molecular weight excluding hydrogens is 341 g/mol. The Hall–Kier alpha value is -1.99. The van der Waals surface area contributed by atoms with E-state index in [9.17, 15) is 12.8 Å². The molecule has 0 amide bonds. The van der Waals surface area contributed by atoms with Gasteiger partial charge in [0.2, 0.25) is 0 Å². The van der Waals surface area contributed by atoms with E-state index in [1.54, 1.807) is 18.5 Å². The highest BCUT2D eigenvalue weighted by molar-refractivity contribution is 7.72. The molecule has 3 rings (SSSR count). The molecule has 1 N–H and O–H groups in total. The molecule has 1 fully saturated rings. The van der Waals surface area contributed by atoms with Crippen LogP contribution in [-0.2, 0) is 17.2 Å². The lowest BCUT2D eigenvalue weighted by Crippen LogP contribution is -2.34. The molecule has 1 aromatic carbocycles. The topological polar surface area (TPSA) is 62.3 Å². The second kappa shape index (κ2) is 8.40. The molecule has 7 heteroatoms. The molecule has 1 saturated heterocycles. The number of nitrogens with zero attached hydrogens (tertiary/aromatic N) is 2. The Morgan fingerprint density at radius 2 is 2.00 bits per heavy atom. The van der Waals surface area contributed by atoms with E-state index in [0.29, 0.717) is 12.2 Å². The number of hydrogen-bond donors (Lipinski definition) is 2. The third-order valence-corrected chi connectivity index (χ3v) is 5.24. The normalized spacial score (nSPS) is 16.2. The van der Waals surface area contributed by atoms with Crippen LogP contribution in [0.25, 0.3) is 0 Å². The molecule has 0 spiro atoms. The standard InChI is InChI=1S/C18H22FN3O2S/c19-16-8-15(9-18(10-16)21-17-2-1-5-20-11-17)12-22-6-3-14(4-7-22)13-25(23)24/h1-2,5,8-11,14,21,25H,3-4,6-7,12-13H2. The number of hydrogen-bond acceptors (Lipinski definition) is 5. The van der Waals surface area contributed by atoms with Crippen LogP contribution in [0.3, 0.4) is 0 Å². The van der Waals surface area contributed by atoms with Crippen molar-refractivity contribution in [1.29, 1.82) is 0 Å². The second-order valence-electron chi connectivity index (χ2n) is 6.45. The Labute approximate surface area is 148 Å². The number of likely N-dealkylation sites (tertiary alicyclic amines) is 1. The molecule has 5 nitrogen and oxygen atoms in total. The first kappa shape index (κ1) is 17.8. The fourth-order valence-electron chi connectivity index (χ4n) is 3.21. The average Bonchev–Trinajstić information content (AvgIpc) is 2.56. The van der Waals surface area contributed by atoms with Gasteiger partial charge in [-0.3, -0.25) is 9.88 Å². The van der Waals surface area contributed by atoms with Crippen molar-refractivity contribution in [2.45, 2.75) is 19.4 Å². The molecule has 2 aromatic rings. The molecule has 0 saturated carbocycles. The Bertz CT molecular complexity index is 767. The number of thiol groups is 1. The highest BCUT2D eigenvalue weighted by Gasteiger charge is 2.20. The number of anilines is 2. The largest absolute Gasteiger partial charge is 0.354 e. The molecular formula is C18H22FN3O2S. The van der Waals surface area contributed by atoms with Crippen molar-refractivity contribution in [1.82, 2.24) is 9.88 Å². The maximum absolute atomic E-state index is 13.9. The van der Waals surface area contributed by atoms with Crippen LogP contribution in [0.4, 0.5) is 15.8 Å². The Morgan fingerprint density at radius 3 is 2.68 bits per heavy atom. The molecule has 134 valence electrons. The van der Waals surface area contributed by atoms with Crippen LogP contribution in [0.15, 0.2) is 42.7 Å². The smallest absolute Gasteiger partial charge is 0.140 e. The minimum absolute atomic E-state index is 0.257. The summed E-state index contributed by atoms with van der Waals surface area (Å²) >= 11 is 0. The SMILES string of the molecule is O=[SH](=O)CC1CCN(Cc2cc(F)cc(Nc3cccnc3)c2)CC1. The number of benzene rings is 1. The summed E-state index contributed by atoms with van der Waals surface area (Å²) < 4.78 is 35.6. The highest BCUT2D eigenvalue weighted by Crippen LogP contribution is 2.23. The zero-order chi connectivity index (χ0) is 17.6. The third kappa shape index (κ3) is 5.51. The van der Waals surface area contributed by atoms with Gasteiger partial charge in [-0.2, -0.15) is 0 Å². The first-order chi connectivity index (χ1) is 12.1. The molecule has 0 radical (unpaired) electrons. The lowest BCUT2D eigenvalue weighted by molar-refractivity contribution is 0.186. The summed E-state index contributed by atoms with van der Waals surface area (Å²) in [5.41, 5.74) is 2.41. The van der Waals surface area contributed by atoms with Crippen LogP contribution in [-0.4, -0.2) is 37.1 Å². The van der Waals surface area contributed by atoms with Crippen LogP contribution >= 0.6 is 0 Å². The maximum atomic E-state index is 13.9. The quantitative estimate of drug-likeness (QED) is 0.773. The van der Waals surface area contributed by atoms with E-state index in [4.69, 9.17) is 0 Å². The molecule has 2 heterocycles. The van der Waals surface area contributed by atoms with E-state index < -0.39 is 10.7 Å². The van der Waals surface area contributed by atoms with E-state index in [1.165, 1.54) is 6.07 Å². The van der Waals surface area contributed by atoms with E-state index in [-0.39, 0.29) is 17.5 Å². The van der Waals surface area contributed by atoms with E-state index in [1.807, 2.05) is 18.2 Å². The van der Waals surface area contributed by atoms with E-state index >= 15 is 0 Å². The molecule has 0 unspecified atom stereocenters. The highest BCUT2D eigenvalue weighted by atomic mass is 32.2. The lowest BCUT2D eigenvalue weighted by Gasteiger charge is -2.31. The summed E-state index contributed by atoms with van der Waals surface area (Å²) in [4.78, 5) is 6.29. The fourth-order valence-corrected chi connectivity index (χ4v) is 4.00. The molecule has 0 aliphatic carbocycles. The van der Waals surface area contributed by atoms with Gasteiger partial charge in [-0.25, -0.2) is 12.8 Å². The Balaban J connectivity index is 1.61. The van der Waals surface area contributed by atoms with Gasteiger partial charge in [-0.05, 0) is 67.7 Å². The van der Waals surface area contributed by atoms with Gasteiger partial charge >= 0.3 is 0 Å². The van der Waals surface area contributed by atoms with Crippen LogP contribution < -0.4 is 5.32 Å². The van der Waals surface area contributed by atoms with Gasteiger partial charge in [-0.15, -0.1) is 0 Å². The van der Waals surface area contributed by atoms with Crippen LogP contribution in [0, 0.1) is 11.7 Å². The summed E-state index contributed by atoms with van der Waals surface area (Å²) in [5.74, 6) is 0.261. The van der Waals surface area contributed by atoms with Gasteiger partial charge in [0.25, 0.3) is 0 Å². The van der Waals surface area contributed by atoms with Crippen LogP contribution in [0.2, 0.25) is 0 Å². The van der Waals surface area contributed by atoms with Gasteiger partial charge in [0, 0.05) is 18.4 Å². The minimum atomic E-state index is -2.30. The summed E-state index contributed by atoms with van der Waals surface area (Å²) in [7, 11) is -2.30. The monoisotopic (exact) mass is 363 g/mol. The van der Waals surface area contributed by atoms with E-state index in [0.717, 1.165) is 37.2 Å². The molecule has 1 aliphatic rings. The van der Waals surface area contributed by atoms with Crippen molar-refractivity contribution < 1.29 is 12.8 Å². The van der Waals surface area contributed by atoms with Gasteiger partial charge in [-0.1, -0.05) is 0 Å². The van der Waals surface area contributed by atoms with Crippen LogP contribution in [0.5, 0.6) is 0 Å². The lowest BCUT2D eigenvalue weighted by atomic mass is 9.98. The minimum Gasteiger partial charge on any atom is -0.354 e. The van der Waals surface area contributed by atoms with Crippen molar-refractivity contribution in [3.05, 3.63) is 54.1 Å². The van der Waals surface area contributed by atoms with Gasteiger partial charge < -0.3 is 5.32 Å². The zero-order valence-electron chi connectivity index (χ0n) is 13.9. The van der Waals surface area contributed by atoms with Crippen molar-refractivity contribution in [2.24, 2.45) is 5.92 Å². The molecule has 1 aliphatic heterocycles. The van der Waals surface area contributed by atoms with Gasteiger partial charge in [0.15, 0.2) is 0 Å². The molecule has 25 heavy (non-hydrogen) atoms. The predicted molar refractivity (Wildman–Crippen MR) is 97.1 cm³/mol. The fraction of sp³-hybridized carbons (Fsp3) is 0.389. The molecule has 1 aromatic heterocycles. The number of halogens is 1. The van der Waals surface area contributed by atoms with E-state index in [2.05, 4.69) is 15.2 Å². The summed E-state index contributed by atoms with van der Waals surface area (Å²) in [6.07, 6.45) is 5.13.